The molecule has 0 aliphatic heterocycles. The molecule has 5 rings (SSSR count). The van der Waals surface area contributed by atoms with E-state index >= 15 is 0 Å². The van der Waals surface area contributed by atoms with Gasteiger partial charge in [-0.05, 0) is 220 Å². The van der Waals surface area contributed by atoms with E-state index in [4.69, 9.17) is 0 Å². The molecule has 4 N–H and O–H groups in total. The molecule has 0 spiro atoms. The number of benzene rings is 4. The van der Waals surface area contributed by atoms with Crippen molar-refractivity contribution in [2.45, 2.75) is 109 Å². The number of rotatable bonds is 0. The van der Waals surface area contributed by atoms with Crippen LogP contribution in [0.4, 0.5) is 0 Å². The van der Waals surface area contributed by atoms with Crippen molar-refractivity contribution >= 4 is 0 Å². The molecule has 8 bridgehead atoms. The second-order valence-electron chi connectivity index (χ2n) is 13.4. The molecule has 0 heterocycles. The molecule has 4 aromatic rings. The Morgan fingerprint density at radius 2 is 0.341 bits per heavy atom. The van der Waals surface area contributed by atoms with Crippen LogP contribution in [-0.4, -0.2) is 20.4 Å². The summed E-state index contributed by atoms with van der Waals surface area (Å²) >= 11 is 0. The molecule has 0 fully saturated rings. The fourth-order valence-electron chi connectivity index (χ4n) is 8.08. The SMILES string of the molecule is Cc1c(O)c(C)c2c(C)c1Cc1c(C)c(O)c(C)c(c1C)Cc1c(C)c(O)c(C)c(c1C)Cc1c(C)c(O)c(C)c(c1C)C2. The van der Waals surface area contributed by atoms with Crippen LogP contribution < -0.4 is 0 Å². The van der Waals surface area contributed by atoms with Gasteiger partial charge in [0.1, 0.15) is 23.0 Å². The Labute approximate surface area is 263 Å². The summed E-state index contributed by atoms with van der Waals surface area (Å²) in [4.78, 5) is 0. The van der Waals surface area contributed by atoms with E-state index in [0.29, 0.717) is 48.7 Å². The molecule has 0 saturated heterocycles. The molecule has 1 aliphatic rings. The minimum absolute atomic E-state index is 0.313. The zero-order valence-electron chi connectivity index (χ0n) is 28.6. The lowest BCUT2D eigenvalue weighted by Gasteiger charge is -2.27. The highest BCUT2D eigenvalue weighted by Gasteiger charge is 2.27. The summed E-state index contributed by atoms with van der Waals surface area (Å²) in [6.45, 7) is 24.5. The summed E-state index contributed by atoms with van der Waals surface area (Å²) in [5, 5.41) is 45.8. The summed E-state index contributed by atoms with van der Waals surface area (Å²) in [6, 6.07) is 0. The Hall–Kier alpha value is -3.92. The number of aromatic hydroxyl groups is 4. The van der Waals surface area contributed by atoms with Crippen LogP contribution in [0.15, 0.2) is 0 Å². The van der Waals surface area contributed by atoms with Gasteiger partial charge < -0.3 is 20.4 Å². The Morgan fingerprint density at radius 1 is 0.227 bits per heavy atom. The van der Waals surface area contributed by atoms with Gasteiger partial charge in [-0.3, -0.25) is 0 Å². The predicted octanol–water partition coefficient (Wildman–Crippen LogP) is 8.89. The second-order valence-corrected chi connectivity index (χ2v) is 13.4. The third-order valence-corrected chi connectivity index (χ3v) is 11.5. The van der Waals surface area contributed by atoms with Crippen molar-refractivity contribution in [3.63, 3.8) is 0 Å². The smallest absolute Gasteiger partial charge is 0.121 e. The van der Waals surface area contributed by atoms with E-state index in [1.165, 1.54) is 0 Å². The van der Waals surface area contributed by atoms with Crippen molar-refractivity contribution in [1.82, 2.24) is 0 Å². The quantitative estimate of drug-likeness (QED) is 0.145. The number of phenolic OH excluding ortho intramolecular Hbond substituents is 4. The minimum atomic E-state index is 0.313. The van der Waals surface area contributed by atoms with Crippen LogP contribution in [0.5, 0.6) is 23.0 Å². The highest BCUT2D eigenvalue weighted by atomic mass is 16.3. The standard InChI is InChI=1S/C40H48O4/c1-17-29-13-31-18(2)33(25(9)38(42)23(31)7)15-35-20(4)36(28(12)40(44)27(35)11)16-34-19(3)32(24(8)39(43)26(34)10)14-30(17)22(6)37(41)21(29)5/h41-44H,13-16H2,1-12H3. The third kappa shape index (κ3) is 4.48. The first-order valence-electron chi connectivity index (χ1n) is 15.7. The van der Waals surface area contributed by atoms with Crippen molar-refractivity contribution in [2.24, 2.45) is 0 Å². The first-order chi connectivity index (χ1) is 20.5. The van der Waals surface area contributed by atoms with Gasteiger partial charge in [0.15, 0.2) is 0 Å². The molecule has 0 saturated carbocycles. The van der Waals surface area contributed by atoms with Crippen LogP contribution in [0.2, 0.25) is 0 Å². The summed E-state index contributed by atoms with van der Waals surface area (Å²) in [6.07, 6.45) is 2.34. The fraction of sp³-hybridized carbons (Fsp3) is 0.400. The summed E-state index contributed by atoms with van der Waals surface area (Å²) in [5.41, 5.74) is 20.1. The molecule has 0 unspecified atom stereocenters. The average Bonchev–Trinajstić information content (AvgIpc) is 2.99. The lowest BCUT2D eigenvalue weighted by molar-refractivity contribution is 0.463. The van der Waals surface area contributed by atoms with Crippen molar-refractivity contribution < 1.29 is 20.4 Å². The molecule has 0 aromatic heterocycles. The molecule has 0 radical (unpaired) electrons. The average molecular weight is 593 g/mol. The molecule has 4 aromatic carbocycles. The highest BCUT2D eigenvalue weighted by Crippen LogP contribution is 2.43. The van der Waals surface area contributed by atoms with Gasteiger partial charge in [-0.1, -0.05) is 0 Å². The first kappa shape index (κ1) is 31.5. The molecular weight excluding hydrogens is 544 g/mol. The van der Waals surface area contributed by atoms with E-state index < -0.39 is 0 Å². The van der Waals surface area contributed by atoms with Crippen LogP contribution in [0.3, 0.4) is 0 Å². The van der Waals surface area contributed by atoms with Gasteiger partial charge in [-0.15, -0.1) is 0 Å². The zero-order chi connectivity index (χ0) is 32.7. The van der Waals surface area contributed by atoms with Crippen LogP contribution >= 0.6 is 0 Å². The topological polar surface area (TPSA) is 80.9 Å². The normalized spacial score (nSPS) is 13.0. The van der Waals surface area contributed by atoms with Gasteiger partial charge >= 0.3 is 0 Å². The molecule has 0 atom stereocenters. The Morgan fingerprint density at radius 3 is 0.455 bits per heavy atom. The van der Waals surface area contributed by atoms with E-state index in [1.54, 1.807) is 0 Å². The lowest BCUT2D eigenvalue weighted by Crippen LogP contribution is -2.13. The largest absolute Gasteiger partial charge is 0.507 e. The second kappa shape index (κ2) is 10.9. The van der Waals surface area contributed by atoms with Crippen molar-refractivity contribution in [3.8, 4) is 23.0 Å². The van der Waals surface area contributed by atoms with E-state index in [1.807, 2.05) is 55.4 Å². The lowest BCUT2D eigenvalue weighted by atomic mass is 9.78. The van der Waals surface area contributed by atoms with Crippen molar-refractivity contribution in [3.05, 3.63) is 111 Å². The molecule has 0 amide bonds. The Bertz CT molecular complexity index is 1510. The Kier molecular flexibility index (Phi) is 7.81. The summed E-state index contributed by atoms with van der Waals surface area (Å²) in [5.74, 6) is 1.25. The van der Waals surface area contributed by atoms with Gasteiger partial charge in [-0.2, -0.15) is 0 Å². The molecule has 232 valence electrons. The molecule has 4 heteroatoms. The van der Waals surface area contributed by atoms with Gasteiger partial charge in [0.25, 0.3) is 0 Å². The fourth-order valence-corrected chi connectivity index (χ4v) is 8.08. The van der Waals surface area contributed by atoms with Gasteiger partial charge in [0.2, 0.25) is 0 Å². The zero-order valence-corrected chi connectivity index (χ0v) is 28.6. The maximum atomic E-state index is 11.5. The van der Waals surface area contributed by atoms with Crippen LogP contribution in [0, 0.1) is 83.1 Å². The van der Waals surface area contributed by atoms with Crippen LogP contribution in [0.1, 0.15) is 111 Å². The highest BCUT2D eigenvalue weighted by molar-refractivity contribution is 5.65. The van der Waals surface area contributed by atoms with E-state index in [2.05, 4.69) is 27.7 Å². The summed E-state index contributed by atoms with van der Waals surface area (Å²) in [7, 11) is 0. The number of hydrogen-bond acceptors (Lipinski definition) is 4. The van der Waals surface area contributed by atoms with Gasteiger partial charge in [-0.25, -0.2) is 0 Å². The number of fused-ring (bicyclic) bond motifs is 8. The van der Waals surface area contributed by atoms with Crippen LogP contribution in [0.25, 0.3) is 0 Å². The van der Waals surface area contributed by atoms with Gasteiger partial charge in [0.05, 0.1) is 0 Å². The minimum Gasteiger partial charge on any atom is -0.507 e. The number of phenols is 4. The Balaban J connectivity index is 1.96. The predicted molar refractivity (Wildman–Crippen MR) is 180 cm³/mol. The monoisotopic (exact) mass is 592 g/mol. The van der Waals surface area contributed by atoms with Crippen molar-refractivity contribution in [1.29, 1.82) is 0 Å². The molecule has 1 aliphatic carbocycles. The number of hydrogen-bond donors (Lipinski definition) is 4. The van der Waals surface area contributed by atoms with Crippen molar-refractivity contribution in [2.75, 3.05) is 0 Å². The third-order valence-electron chi connectivity index (χ3n) is 11.5. The van der Waals surface area contributed by atoms with E-state index in [-0.39, 0.29) is 0 Å². The molecule has 44 heavy (non-hydrogen) atoms. The maximum absolute atomic E-state index is 11.5. The molecular formula is C40H48O4. The summed E-state index contributed by atoms with van der Waals surface area (Å²) < 4.78 is 0. The van der Waals surface area contributed by atoms with Gasteiger partial charge in [0, 0.05) is 0 Å². The maximum Gasteiger partial charge on any atom is 0.121 e. The van der Waals surface area contributed by atoms with E-state index in [9.17, 15) is 20.4 Å². The van der Waals surface area contributed by atoms with E-state index in [0.717, 1.165) is 111 Å². The molecule has 4 nitrogen and oxygen atoms in total. The first-order valence-corrected chi connectivity index (χ1v) is 15.7. The van der Waals surface area contributed by atoms with Crippen LogP contribution in [-0.2, 0) is 25.7 Å².